The van der Waals surface area contributed by atoms with Crippen molar-refractivity contribution in [3.05, 3.63) is 35.9 Å². The van der Waals surface area contributed by atoms with Crippen LogP contribution in [0.15, 0.2) is 30.3 Å². The third-order valence-corrected chi connectivity index (χ3v) is 4.45. The largest absolute Gasteiger partial charge is 0.369 e. The van der Waals surface area contributed by atoms with E-state index in [0.29, 0.717) is 6.54 Å². The summed E-state index contributed by atoms with van der Waals surface area (Å²) < 4.78 is 0. The molecule has 1 aromatic rings. The monoisotopic (exact) mass is 288 g/mol. The van der Waals surface area contributed by atoms with Gasteiger partial charge in [-0.15, -0.1) is 0 Å². The number of carbonyl (C=O) groups is 2. The van der Waals surface area contributed by atoms with Gasteiger partial charge >= 0.3 is 0 Å². The lowest BCUT2D eigenvalue weighted by molar-refractivity contribution is -0.130. The molecule has 21 heavy (non-hydrogen) atoms. The van der Waals surface area contributed by atoms with Gasteiger partial charge in [-0.25, -0.2) is 0 Å². The maximum Gasteiger partial charge on any atom is 0.223 e. The van der Waals surface area contributed by atoms with Gasteiger partial charge in [-0.05, 0) is 24.3 Å². The van der Waals surface area contributed by atoms with Gasteiger partial charge in [0.2, 0.25) is 11.8 Å². The normalized spacial score (nSPS) is 20.6. The highest BCUT2D eigenvalue weighted by Crippen LogP contribution is 2.31. The fraction of sp³-hybridized carbons (Fsp3) is 0.529. The molecule has 2 rings (SSSR count). The highest BCUT2D eigenvalue weighted by molar-refractivity contribution is 5.88. The summed E-state index contributed by atoms with van der Waals surface area (Å²) in [6.07, 6.45) is 1.11. The summed E-state index contributed by atoms with van der Waals surface area (Å²) in [5.74, 6) is -0.671. The third kappa shape index (κ3) is 3.43. The molecule has 0 spiro atoms. The number of benzene rings is 1. The zero-order chi connectivity index (χ0) is 15.6. The fourth-order valence-electron chi connectivity index (χ4n) is 3.20. The Morgan fingerprint density at radius 3 is 2.52 bits per heavy atom. The first kappa shape index (κ1) is 15.5. The molecule has 2 atom stereocenters. The minimum Gasteiger partial charge on any atom is -0.369 e. The Labute approximate surface area is 126 Å². The Morgan fingerprint density at radius 1 is 1.38 bits per heavy atom. The summed E-state index contributed by atoms with van der Waals surface area (Å²) in [6, 6.07) is 10.4. The Hall–Kier alpha value is -1.84. The molecule has 0 radical (unpaired) electrons. The molecule has 0 aromatic heterocycles. The van der Waals surface area contributed by atoms with E-state index >= 15 is 0 Å². The Bertz CT molecular complexity index is 525. The highest BCUT2D eigenvalue weighted by atomic mass is 16.2. The molecule has 1 aliphatic rings. The first-order valence-electron chi connectivity index (χ1n) is 7.45. The average Bonchev–Trinajstić information content (AvgIpc) is 2.82. The molecule has 1 fully saturated rings. The van der Waals surface area contributed by atoms with Crippen molar-refractivity contribution in [2.24, 2.45) is 11.7 Å². The van der Waals surface area contributed by atoms with Crippen LogP contribution >= 0.6 is 0 Å². The van der Waals surface area contributed by atoms with E-state index in [1.807, 2.05) is 25.1 Å². The molecule has 1 saturated heterocycles. The molecular formula is C17H24N2O2. The minimum atomic E-state index is -0.375. The van der Waals surface area contributed by atoms with Crippen molar-refractivity contribution in [2.45, 2.75) is 45.1 Å². The van der Waals surface area contributed by atoms with E-state index in [-0.39, 0.29) is 35.6 Å². The first-order valence-corrected chi connectivity index (χ1v) is 7.45. The number of primary amides is 1. The number of nitrogens with zero attached hydrogens (tertiary/aromatic N) is 1. The van der Waals surface area contributed by atoms with Crippen LogP contribution in [0.1, 0.15) is 39.2 Å². The van der Waals surface area contributed by atoms with Crippen molar-refractivity contribution < 1.29 is 9.59 Å². The molecule has 1 aromatic carbocycles. The zero-order valence-electron chi connectivity index (χ0n) is 13.0. The van der Waals surface area contributed by atoms with Crippen LogP contribution in [0.3, 0.4) is 0 Å². The van der Waals surface area contributed by atoms with E-state index in [1.165, 1.54) is 5.56 Å². The molecule has 2 unspecified atom stereocenters. The van der Waals surface area contributed by atoms with Gasteiger partial charge in [0.05, 0.1) is 5.92 Å². The molecule has 114 valence electrons. The Kier molecular flexibility index (Phi) is 4.35. The summed E-state index contributed by atoms with van der Waals surface area (Å²) in [6.45, 7) is 6.88. The fourth-order valence-corrected chi connectivity index (χ4v) is 3.20. The molecule has 2 amide bonds. The van der Waals surface area contributed by atoms with Crippen LogP contribution in [-0.2, 0) is 15.0 Å². The van der Waals surface area contributed by atoms with Crippen molar-refractivity contribution in [2.75, 3.05) is 6.54 Å². The van der Waals surface area contributed by atoms with Gasteiger partial charge in [0.25, 0.3) is 0 Å². The van der Waals surface area contributed by atoms with E-state index in [9.17, 15) is 9.59 Å². The maximum absolute atomic E-state index is 12.1. The summed E-state index contributed by atoms with van der Waals surface area (Å²) in [5, 5.41) is 0. The van der Waals surface area contributed by atoms with Gasteiger partial charge in [-0.2, -0.15) is 0 Å². The Balaban J connectivity index is 2.06. The lowest BCUT2D eigenvalue weighted by atomic mass is 9.79. The van der Waals surface area contributed by atoms with E-state index in [0.717, 1.165) is 6.42 Å². The lowest BCUT2D eigenvalue weighted by Crippen LogP contribution is -2.39. The lowest BCUT2D eigenvalue weighted by Gasteiger charge is -2.33. The van der Waals surface area contributed by atoms with Gasteiger partial charge in [-0.1, -0.05) is 44.2 Å². The van der Waals surface area contributed by atoms with Gasteiger partial charge < -0.3 is 10.6 Å². The van der Waals surface area contributed by atoms with Crippen LogP contribution in [0.4, 0.5) is 0 Å². The van der Waals surface area contributed by atoms with Crippen LogP contribution in [0.25, 0.3) is 0 Å². The summed E-state index contributed by atoms with van der Waals surface area (Å²) in [4.78, 5) is 25.1. The predicted molar refractivity (Wildman–Crippen MR) is 82.6 cm³/mol. The van der Waals surface area contributed by atoms with E-state index < -0.39 is 0 Å². The van der Waals surface area contributed by atoms with Crippen molar-refractivity contribution in [3.63, 3.8) is 0 Å². The number of rotatable bonds is 5. The smallest absolute Gasteiger partial charge is 0.223 e. The van der Waals surface area contributed by atoms with E-state index in [2.05, 4.69) is 26.0 Å². The van der Waals surface area contributed by atoms with Crippen molar-refractivity contribution >= 4 is 11.8 Å². The number of amides is 2. The maximum atomic E-state index is 12.1. The summed E-state index contributed by atoms with van der Waals surface area (Å²) in [7, 11) is 0. The molecule has 1 aliphatic heterocycles. The van der Waals surface area contributed by atoms with Crippen molar-refractivity contribution in [1.29, 1.82) is 0 Å². The quantitative estimate of drug-likeness (QED) is 0.901. The molecule has 0 saturated carbocycles. The molecule has 0 aliphatic carbocycles. The van der Waals surface area contributed by atoms with Crippen LogP contribution in [-0.4, -0.2) is 29.3 Å². The van der Waals surface area contributed by atoms with Crippen molar-refractivity contribution in [3.8, 4) is 0 Å². The number of carbonyl (C=O) groups excluding carboxylic acids is 2. The van der Waals surface area contributed by atoms with Crippen LogP contribution in [0, 0.1) is 5.92 Å². The van der Waals surface area contributed by atoms with Crippen molar-refractivity contribution in [1.82, 2.24) is 4.90 Å². The van der Waals surface area contributed by atoms with Crippen LogP contribution < -0.4 is 5.73 Å². The molecule has 4 heteroatoms. The second-order valence-electron chi connectivity index (χ2n) is 6.65. The summed E-state index contributed by atoms with van der Waals surface area (Å²) in [5.41, 5.74) is 6.56. The predicted octanol–water partition coefficient (Wildman–Crippen LogP) is 2.08. The SMILES string of the molecule is CC(CC(C)(C)c1ccccc1)N1CC(C(N)=O)CC1=O. The molecule has 0 bridgehead atoms. The zero-order valence-corrected chi connectivity index (χ0v) is 13.0. The Morgan fingerprint density at radius 2 is 2.00 bits per heavy atom. The van der Waals surface area contributed by atoms with Crippen LogP contribution in [0.5, 0.6) is 0 Å². The average molecular weight is 288 g/mol. The molecule has 2 N–H and O–H groups in total. The molecular weight excluding hydrogens is 264 g/mol. The third-order valence-electron chi connectivity index (χ3n) is 4.45. The standard InChI is InChI=1S/C17H24N2O2/c1-12(19-11-13(16(18)21)9-15(19)20)10-17(2,3)14-7-5-4-6-8-14/h4-8,12-13H,9-11H2,1-3H3,(H2,18,21). The molecule has 1 heterocycles. The number of hydrogen-bond acceptors (Lipinski definition) is 2. The number of hydrogen-bond donors (Lipinski definition) is 1. The van der Waals surface area contributed by atoms with Gasteiger partial charge in [-0.3, -0.25) is 9.59 Å². The minimum absolute atomic E-state index is 0.0221. The second kappa shape index (κ2) is 5.88. The summed E-state index contributed by atoms with van der Waals surface area (Å²) >= 11 is 0. The number of likely N-dealkylation sites (tertiary alicyclic amines) is 1. The topological polar surface area (TPSA) is 63.4 Å². The van der Waals surface area contributed by atoms with E-state index in [4.69, 9.17) is 5.73 Å². The van der Waals surface area contributed by atoms with Crippen LogP contribution in [0.2, 0.25) is 0 Å². The second-order valence-corrected chi connectivity index (χ2v) is 6.65. The first-order chi connectivity index (χ1) is 9.81. The van der Waals surface area contributed by atoms with Gasteiger partial charge in [0.15, 0.2) is 0 Å². The van der Waals surface area contributed by atoms with Gasteiger partial charge in [0, 0.05) is 19.0 Å². The molecule has 4 nitrogen and oxygen atoms in total. The van der Waals surface area contributed by atoms with E-state index in [1.54, 1.807) is 4.90 Å². The number of nitrogens with two attached hydrogens (primary N) is 1. The van der Waals surface area contributed by atoms with Gasteiger partial charge in [0.1, 0.15) is 0 Å². The highest BCUT2D eigenvalue weighted by Gasteiger charge is 2.37.